The zero-order valence-electron chi connectivity index (χ0n) is 11.7. The van der Waals surface area contributed by atoms with Gasteiger partial charge in [0.05, 0.1) is 0 Å². The van der Waals surface area contributed by atoms with Gasteiger partial charge in [0.15, 0.2) is 5.78 Å². The summed E-state index contributed by atoms with van der Waals surface area (Å²) in [5.41, 5.74) is 0.582. The van der Waals surface area contributed by atoms with Gasteiger partial charge in [-0.1, -0.05) is 48.5 Å². The summed E-state index contributed by atoms with van der Waals surface area (Å²) in [5, 5.41) is 2.99. The molecule has 0 bridgehead atoms. The molecule has 2 aromatic carbocycles. The van der Waals surface area contributed by atoms with Crippen molar-refractivity contribution >= 4 is 11.7 Å². The zero-order valence-corrected chi connectivity index (χ0v) is 11.7. The van der Waals surface area contributed by atoms with Crippen molar-refractivity contribution in [3.63, 3.8) is 0 Å². The van der Waals surface area contributed by atoms with Crippen LogP contribution in [0, 0.1) is 0 Å². The number of Topliss-reactive ketones (excluding diaryl/α,β-unsaturated/α-hetero) is 1. The second-order valence-corrected chi connectivity index (χ2v) is 5.37. The fraction of sp³-hybridized carbons (Fsp3) is 0.222. The standard InChI is InChI=1S/C18H17NO2/c20-16-12-7-13-18(16,15-10-5-2-6-11-15)19-17(21)14-8-3-1-4-9-14/h1-6,8-11H,7,12-13H2,(H,19,21). The lowest BCUT2D eigenvalue weighted by molar-refractivity contribution is -0.123. The largest absolute Gasteiger partial charge is 0.336 e. The average molecular weight is 279 g/mol. The smallest absolute Gasteiger partial charge is 0.252 e. The summed E-state index contributed by atoms with van der Waals surface area (Å²) in [6.45, 7) is 0. The third kappa shape index (κ3) is 2.47. The Balaban J connectivity index is 1.95. The number of carbonyl (C=O) groups is 2. The molecule has 0 spiro atoms. The first-order valence-corrected chi connectivity index (χ1v) is 7.19. The van der Waals surface area contributed by atoms with Gasteiger partial charge in [-0.15, -0.1) is 0 Å². The van der Waals surface area contributed by atoms with Crippen LogP contribution in [-0.4, -0.2) is 11.7 Å². The Kier molecular flexibility index (Phi) is 3.57. The maximum absolute atomic E-state index is 12.5. The molecule has 3 heteroatoms. The van der Waals surface area contributed by atoms with Crippen molar-refractivity contribution in [1.82, 2.24) is 5.32 Å². The van der Waals surface area contributed by atoms with E-state index in [1.807, 2.05) is 48.5 Å². The number of hydrogen-bond donors (Lipinski definition) is 1. The fourth-order valence-electron chi connectivity index (χ4n) is 2.95. The van der Waals surface area contributed by atoms with Gasteiger partial charge in [0.2, 0.25) is 0 Å². The first-order valence-electron chi connectivity index (χ1n) is 7.19. The molecule has 1 aliphatic carbocycles. The van der Waals surface area contributed by atoms with Crippen molar-refractivity contribution in [2.24, 2.45) is 0 Å². The zero-order chi connectivity index (χ0) is 14.7. The Labute approximate surface area is 124 Å². The van der Waals surface area contributed by atoms with Crippen molar-refractivity contribution in [2.75, 3.05) is 0 Å². The lowest BCUT2D eigenvalue weighted by Crippen LogP contribution is -2.49. The SMILES string of the molecule is O=C(NC1(c2ccccc2)CCCC1=O)c1ccccc1. The van der Waals surface area contributed by atoms with Crippen molar-refractivity contribution in [1.29, 1.82) is 0 Å². The van der Waals surface area contributed by atoms with Crippen LogP contribution in [0.4, 0.5) is 0 Å². The summed E-state index contributed by atoms with van der Waals surface area (Å²) in [7, 11) is 0. The lowest BCUT2D eigenvalue weighted by atomic mass is 9.87. The molecule has 1 saturated carbocycles. The molecular weight excluding hydrogens is 262 g/mol. The number of rotatable bonds is 3. The Morgan fingerprint density at radius 1 is 0.952 bits per heavy atom. The molecule has 1 unspecified atom stereocenters. The van der Waals surface area contributed by atoms with Gasteiger partial charge in [-0.3, -0.25) is 9.59 Å². The van der Waals surface area contributed by atoms with E-state index in [1.165, 1.54) is 0 Å². The summed E-state index contributed by atoms with van der Waals surface area (Å²) in [4.78, 5) is 24.9. The van der Waals surface area contributed by atoms with Crippen LogP contribution in [0.5, 0.6) is 0 Å². The molecule has 106 valence electrons. The highest BCUT2D eigenvalue weighted by molar-refractivity contribution is 6.01. The number of carbonyl (C=O) groups excluding carboxylic acids is 2. The van der Waals surface area contributed by atoms with Crippen LogP contribution in [0.2, 0.25) is 0 Å². The maximum Gasteiger partial charge on any atom is 0.252 e. The predicted octanol–water partition coefficient (Wildman–Crippen LogP) is 3.06. The van der Waals surface area contributed by atoms with Crippen LogP contribution in [0.15, 0.2) is 60.7 Å². The van der Waals surface area contributed by atoms with E-state index in [0.717, 1.165) is 12.0 Å². The second kappa shape index (κ2) is 5.52. The van der Waals surface area contributed by atoms with Crippen molar-refractivity contribution < 1.29 is 9.59 Å². The van der Waals surface area contributed by atoms with E-state index in [4.69, 9.17) is 0 Å². The van der Waals surface area contributed by atoms with Gasteiger partial charge in [-0.25, -0.2) is 0 Å². The first-order chi connectivity index (χ1) is 10.2. The van der Waals surface area contributed by atoms with E-state index < -0.39 is 5.54 Å². The molecule has 0 saturated heterocycles. The molecule has 3 rings (SSSR count). The van der Waals surface area contributed by atoms with Gasteiger partial charge in [0.1, 0.15) is 5.54 Å². The summed E-state index contributed by atoms with van der Waals surface area (Å²) >= 11 is 0. The number of ketones is 1. The van der Waals surface area contributed by atoms with Crippen LogP contribution in [-0.2, 0) is 10.3 Å². The molecular formula is C18H17NO2. The number of amides is 1. The van der Waals surface area contributed by atoms with E-state index in [1.54, 1.807) is 12.1 Å². The summed E-state index contributed by atoms with van der Waals surface area (Å²) in [6, 6.07) is 18.6. The van der Waals surface area contributed by atoms with Crippen LogP contribution < -0.4 is 5.32 Å². The highest BCUT2D eigenvalue weighted by Gasteiger charge is 2.44. The fourth-order valence-corrected chi connectivity index (χ4v) is 2.95. The van der Waals surface area contributed by atoms with Crippen LogP contribution >= 0.6 is 0 Å². The predicted molar refractivity (Wildman–Crippen MR) is 80.9 cm³/mol. The number of nitrogens with one attached hydrogen (secondary N) is 1. The van der Waals surface area contributed by atoms with Gasteiger partial charge >= 0.3 is 0 Å². The van der Waals surface area contributed by atoms with E-state index in [0.29, 0.717) is 18.4 Å². The molecule has 0 radical (unpaired) electrons. The highest BCUT2D eigenvalue weighted by atomic mass is 16.2. The summed E-state index contributed by atoms with van der Waals surface area (Å²) in [5.74, 6) is -0.104. The molecule has 0 aliphatic heterocycles. The minimum absolute atomic E-state index is 0.0954. The molecule has 0 aromatic heterocycles. The quantitative estimate of drug-likeness (QED) is 0.938. The third-order valence-corrected chi connectivity index (χ3v) is 4.06. The minimum Gasteiger partial charge on any atom is -0.336 e. The minimum atomic E-state index is -0.867. The van der Waals surface area contributed by atoms with Crippen molar-refractivity contribution in [3.05, 3.63) is 71.8 Å². The topological polar surface area (TPSA) is 46.2 Å². The van der Waals surface area contributed by atoms with Crippen LogP contribution in [0.25, 0.3) is 0 Å². The Hall–Kier alpha value is -2.42. The molecule has 1 fully saturated rings. The molecule has 21 heavy (non-hydrogen) atoms. The van der Waals surface area contributed by atoms with E-state index in [-0.39, 0.29) is 11.7 Å². The van der Waals surface area contributed by atoms with E-state index in [2.05, 4.69) is 5.32 Å². The van der Waals surface area contributed by atoms with Gasteiger partial charge in [0.25, 0.3) is 5.91 Å². The monoisotopic (exact) mass is 279 g/mol. The second-order valence-electron chi connectivity index (χ2n) is 5.37. The van der Waals surface area contributed by atoms with E-state index in [9.17, 15) is 9.59 Å². The van der Waals surface area contributed by atoms with Gasteiger partial charge in [-0.2, -0.15) is 0 Å². The van der Waals surface area contributed by atoms with E-state index >= 15 is 0 Å². The van der Waals surface area contributed by atoms with Gasteiger partial charge < -0.3 is 5.32 Å². The molecule has 1 atom stereocenters. The van der Waals surface area contributed by atoms with Gasteiger partial charge in [-0.05, 0) is 30.5 Å². The number of benzene rings is 2. The molecule has 1 N–H and O–H groups in total. The normalized spacial score (nSPS) is 21.2. The van der Waals surface area contributed by atoms with Crippen LogP contribution in [0.3, 0.4) is 0 Å². The molecule has 1 amide bonds. The highest BCUT2D eigenvalue weighted by Crippen LogP contribution is 2.36. The van der Waals surface area contributed by atoms with Crippen molar-refractivity contribution in [2.45, 2.75) is 24.8 Å². The molecule has 2 aromatic rings. The lowest BCUT2D eigenvalue weighted by Gasteiger charge is -2.29. The summed E-state index contributed by atoms with van der Waals surface area (Å²) < 4.78 is 0. The molecule has 0 heterocycles. The average Bonchev–Trinajstić information content (AvgIpc) is 2.91. The van der Waals surface area contributed by atoms with Crippen LogP contribution in [0.1, 0.15) is 35.2 Å². The molecule has 1 aliphatic rings. The Morgan fingerprint density at radius 2 is 1.57 bits per heavy atom. The number of hydrogen-bond acceptors (Lipinski definition) is 2. The maximum atomic E-state index is 12.5. The Bertz CT molecular complexity index is 651. The van der Waals surface area contributed by atoms with Crippen molar-refractivity contribution in [3.8, 4) is 0 Å². The summed E-state index contributed by atoms with van der Waals surface area (Å²) in [6.07, 6.45) is 1.99. The van der Waals surface area contributed by atoms with Gasteiger partial charge in [0, 0.05) is 12.0 Å². The first kappa shape index (κ1) is 13.6. The Morgan fingerprint density at radius 3 is 2.14 bits per heavy atom. The molecule has 3 nitrogen and oxygen atoms in total. The third-order valence-electron chi connectivity index (χ3n) is 4.06.